The number of nitrogens with two attached hydrogens (primary N) is 1. The molecule has 1 fully saturated rings. The Morgan fingerprint density at radius 2 is 1.97 bits per heavy atom. The molecule has 1 aliphatic heterocycles. The van der Waals surface area contributed by atoms with Crippen LogP contribution in [0.2, 0.25) is 0 Å². The first-order valence-electron chi connectivity index (χ1n) is 9.62. The Bertz CT molecular complexity index is 1310. The molecule has 1 aliphatic rings. The van der Waals surface area contributed by atoms with Gasteiger partial charge in [-0.15, -0.1) is 0 Å². The first-order chi connectivity index (χ1) is 15.8. The van der Waals surface area contributed by atoms with Gasteiger partial charge in [-0.3, -0.25) is 23.7 Å². The van der Waals surface area contributed by atoms with Crippen LogP contribution in [-0.2, 0) is 45.2 Å². The predicted molar refractivity (Wildman–Crippen MR) is 110 cm³/mol. The molecule has 17 heteroatoms. The minimum atomic E-state index is -3.92. The number of amides is 1. The second-order valence-electron chi connectivity index (χ2n) is 7.36. The Morgan fingerprint density at radius 1 is 1.29 bits per heavy atom. The Balaban J connectivity index is 2.11. The van der Waals surface area contributed by atoms with Gasteiger partial charge in [0.2, 0.25) is 16.0 Å². The molecule has 34 heavy (non-hydrogen) atoms. The van der Waals surface area contributed by atoms with Crippen LogP contribution < -0.4 is 16.1 Å². The number of halogens is 1. The van der Waals surface area contributed by atoms with Gasteiger partial charge in [-0.05, 0) is 0 Å². The van der Waals surface area contributed by atoms with E-state index < -0.39 is 71.3 Å². The van der Waals surface area contributed by atoms with Gasteiger partial charge in [0.05, 0.1) is 12.5 Å². The second kappa shape index (κ2) is 9.34. The number of nitrogens with one attached hydrogen (secondary N) is 1. The summed E-state index contributed by atoms with van der Waals surface area (Å²) < 4.78 is 56.5. The van der Waals surface area contributed by atoms with Crippen LogP contribution in [-0.4, -0.2) is 76.6 Å². The summed E-state index contributed by atoms with van der Waals surface area (Å²) in [5, 5.41) is 0. The zero-order valence-corrected chi connectivity index (χ0v) is 18.9. The number of carbonyl (C=O) groups excluding carboxylic acids is 3. The molecule has 0 radical (unpaired) electrons. The number of esters is 2. The number of anilines is 1. The van der Waals surface area contributed by atoms with E-state index in [0.717, 1.165) is 35.4 Å². The first-order valence-corrected chi connectivity index (χ1v) is 11.5. The average Bonchev–Trinajstić information content (AvgIpc) is 3.12. The van der Waals surface area contributed by atoms with Gasteiger partial charge in [-0.2, -0.15) is 4.98 Å². The number of aromatic nitrogens is 4. The van der Waals surface area contributed by atoms with Crippen LogP contribution >= 0.6 is 0 Å². The van der Waals surface area contributed by atoms with E-state index in [0.29, 0.717) is 0 Å². The summed E-state index contributed by atoms with van der Waals surface area (Å²) in [5.41, 5.74) is 4.37. The Hall–Kier alpha value is -3.60. The van der Waals surface area contributed by atoms with Crippen molar-refractivity contribution in [2.75, 3.05) is 18.6 Å². The van der Waals surface area contributed by atoms with Gasteiger partial charge >= 0.3 is 17.6 Å². The van der Waals surface area contributed by atoms with Gasteiger partial charge in [0.15, 0.2) is 24.2 Å². The number of hydrogen-bond acceptors (Lipinski definition) is 12. The van der Waals surface area contributed by atoms with Crippen LogP contribution in [0.5, 0.6) is 0 Å². The van der Waals surface area contributed by atoms with Gasteiger partial charge in [0.25, 0.3) is 5.91 Å². The van der Waals surface area contributed by atoms with E-state index in [-0.39, 0.29) is 17.1 Å². The van der Waals surface area contributed by atoms with Gasteiger partial charge in [0, 0.05) is 13.8 Å². The number of nitrogen functional groups attached to an aromatic ring is 1. The summed E-state index contributed by atoms with van der Waals surface area (Å²) in [5.74, 6) is -2.93. The summed E-state index contributed by atoms with van der Waals surface area (Å²) in [7, 11) is -3.92. The minimum Gasteiger partial charge on any atom is -0.463 e. The van der Waals surface area contributed by atoms with Gasteiger partial charge in [-0.25, -0.2) is 27.2 Å². The summed E-state index contributed by atoms with van der Waals surface area (Å²) in [6.07, 6.45) is -4.81. The van der Waals surface area contributed by atoms with Gasteiger partial charge < -0.3 is 19.9 Å². The molecule has 15 nitrogen and oxygen atoms in total. The standard InChI is InChI=1S/C17H21FN6O9S/c1-7(25)31-6-10-12(18)13(32-8(2)26)15(33-10)24-14-9(4-20-16(19)21-14)23(17(24)28)5-11(27)22-34(3,29)30/h4,10,12-13,15H,5-6H2,1-3H3,(H,22,27)(H2,19,20,21)/t10-,12-,13-,15-/m1/s1. The van der Waals surface area contributed by atoms with Crippen LogP contribution in [0.25, 0.3) is 11.2 Å². The van der Waals surface area contributed by atoms with E-state index in [1.54, 1.807) is 4.72 Å². The molecule has 0 saturated carbocycles. The number of fused-ring (bicyclic) bond motifs is 1. The molecule has 0 bridgehead atoms. The normalized spacial score (nSPS) is 22.5. The van der Waals surface area contributed by atoms with Crippen LogP contribution in [0.3, 0.4) is 0 Å². The molecule has 3 heterocycles. The Kier molecular flexibility index (Phi) is 6.87. The highest BCUT2D eigenvalue weighted by atomic mass is 32.2. The molecule has 0 aliphatic carbocycles. The van der Waals surface area contributed by atoms with Crippen molar-refractivity contribution < 1.29 is 41.4 Å². The topological polar surface area (TPSA) is 204 Å². The first kappa shape index (κ1) is 25.0. The average molecular weight is 504 g/mol. The van der Waals surface area contributed by atoms with E-state index in [4.69, 9.17) is 19.9 Å². The predicted octanol–water partition coefficient (Wildman–Crippen LogP) is -2.02. The lowest BCUT2D eigenvalue weighted by Gasteiger charge is -2.19. The quantitative estimate of drug-likeness (QED) is 0.392. The van der Waals surface area contributed by atoms with Crippen molar-refractivity contribution in [3.05, 3.63) is 16.7 Å². The van der Waals surface area contributed by atoms with E-state index in [9.17, 15) is 27.6 Å². The molecule has 2 aromatic rings. The lowest BCUT2D eigenvalue weighted by atomic mass is 10.1. The molecule has 186 valence electrons. The second-order valence-corrected chi connectivity index (χ2v) is 9.11. The molecule has 0 spiro atoms. The number of ether oxygens (including phenoxy) is 3. The van der Waals surface area contributed by atoms with Crippen LogP contribution in [0.1, 0.15) is 20.1 Å². The van der Waals surface area contributed by atoms with Crippen LogP contribution in [0.15, 0.2) is 11.0 Å². The molecule has 3 N–H and O–H groups in total. The molecule has 2 aromatic heterocycles. The van der Waals surface area contributed by atoms with E-state index >= 15 is 4.39 Å². The van der Waals surface area contributed by atoms with Crippen molar-refractivity contribution >= 4 is 45.0 Å². The fraction of sp³-hybridized carbons (Fsp3) is 0.529. The SMILES string of the molecule is CC(=O)OC[C@H]1O[C@@H](n2c(=O)n(CC(=O)NS(C)(=O)=O)c3cnc(N)nc32)[C@H](OC(C)=O)[C@@H]1F. The smallest absolute Gasteiger partial charge is 0.333 e. The summed E-state index contributed by atoms with van der Waals surface area (Å²) in [6, 6.07) is 0. The third kappa shape index (κ3) is 5.30. The fourth-order valence-electron chi connectivity index (χ4n) is 3.39. The molecule has 4 atom stereocenters. The van der Waals surface area contributed by atoms with Gasteiger partial charge in [0.1, 0.15) is 24.8 Å². The number of rotatable bonds is 7. The maximum absolute atomic E-state index is 15.1. The molecule has 1 saturated heterocycles. The number of carbonyl (C=O) groups is 3. The molecule has 3 rings (SSSR count). The highest BCUT2D eigenvalue weighted by molar-refractivity contribution is 7.89. The fourth-order valence-corrected chi connectivity index (χ4v) is 3.87. The largest absolute Gasteiger partial charge is 0.463 e. The zero-order valence-electron chi connectivity index (χ0n) is 18.1. The lowest BCUT2D eigenvalue weighted by Crippen LogP contribution is -2.39. The van der Waals surface area contributed by atoms with Crippen molar-refractivity contribution in [1.82, 2.24) is 23.8 Å². The maximum atomic E-state index is 15.1. The molecular weight excluding hydrogens is 483 g/mol. The van der Waals surface area contributed by atoms with Gasteiger partial charge in [-0.1, -0.05) is 0 Å². The van der Waals surface area contributed by atoms with E-state index in [2.05, 4.69) is 9.97 Å². The minimum absolute atomic E-state index is 0.0631. The van der Waals surface area contributed by atoms with Crippen LogP contribution in [0, 0.1) is 0 Å². The monoisotopic (exact) mass is 504 g/mol. The van der Waals surface area contributed by atoms with Crippen molar-refractivity contribution in [2.24, 2.45) is 0 Å². The van der Waals surface area contributed by atoms with E-state index in [1.165, 1.54) is 0 Å². The number of imidazole rings is 1. The van der Waals surface area contributed by atoms with Crippen molar-refractivity contribution in [1.29, 1.82) is 0 Å². The molecule has 0 aromatic carbocycles. The van der Waals surface area contributed by atoms with Crippen molar-refractivity contribution in [2.45, 2.75) is 45.0 Å². The number of nitrogens with zero attached hydrogens (tertiary/aromatic N) is 4. The molecule has 1 amide bonds. The third-order valence-electron chi connectivity index (χ3n) is 4.60. The van der Waals surface area contributed by atoms with Crippen molar-refractivity contribution in [3.8, 4) is 0 Å². The Labute approximate surface area is 191 Å². The lowest BCUT2D eigenvalue weighted by molar-refractivity contribution is -0.154. The molecule has 0 unspecified atom stereocenters. The third-order valence-corrected chi connectivity index (χ3v) is 5.20. The number of alkyl halides is 1. The maximum Gasteiger partial charge on any atom is 0.333 e. The Morgan fingerprint density at radius 3 is 2.56 bits per heavy atom. The van der Waals surface area contributed by atoms with Crippen molar-refractivity contribution in [3.63, 3.8) is 0 Å². The highest BCUT2D eigenvalue weighted by Crippen LogP contribution is 2.35. The molecular formula is C17H21FN6O9S. The highest BCUT2D eigenvalue weighted by Gasteiger charge is 2.50. The summed E-state index contributed by atoms with van der Waals surface area (Å²) in [4.78, 5) is 55.9. The summed E-state index contributed by atoms with van der Waals surface area (Å²) >= 11 is 0. The van der Waals surface area contributed by atoms with Crippen LogP contribution in [0.4, 0.5) is 10.3 Å². The zero-order chi connectivity index (χ0) is 25.4. The van der Waals surface area contributed by atoms with E-state index in [1.807, 2.05) is 0 Å². The number of hydrogen-bond donors (Lipinski definition) is 2. The summed E-state index contributed by atoms with van der Waals surface area (Å²) in [6.45, 7) is 0.809. The number of sulfonamides is 1.